The summed E-state index contributed by atoms with van der Waals surface area (Å²) in [6.45, 7) is 5.53. The summed E-state index contributed by atoms with van der Waals surface area (Å²) in [6.07, 6.45) is 2.83. The first-order valence-electron chi connectivity index (χ1n) is 7.31. The van der Waals surface area contributed by atoms with Crippen LogP contribution in [0.4, 0.5) is 0 Å². The maximum Gasteiger partial charge on any atom is 0.267 e. The molecule has 112 valence electrons. The van der Waals surface area contributed by atoms with Crippen LogP contribution in [0.15, 0.2) is 6.07 Å². The van der Waals surface area contributed by atoms with E-state index in [2.05, 4.69) is 25.9 Å². The summed E-state index contributed by atoms with van der Waals surface area (Å²) < 4.78 is 3.92. The van der Waals surface area contributed by atoms with E-state index < -0.39 is 0 Å². The average Bonchev–Trinajstić information content (AvgIpc) is 3.15. The Bertz CT molecular complexity index is 635. The molecule has 1 aliphatic heterocycles. The molecule has 1 saturated heterocycles. The van der Waals surface area contributed by atoms with Crippen molar-refractivity contribution in [2.24, 2.45) is 0 Å². The zero-order valence-corrected chi connectivity index (χ0v) is 13.1. The lowest BCUT2D eigenvalue weighted by Gasteiger charge is -2.31. The van der Waals surface area contributed by atoms with E-state index >= 15 is 0 Å². The largest absolute Gasteiger partial charge is 0.337 e. The average molecular weight is 305 g/mol. The molecular formula is C14H19N5OS. The highest BCUT2D eigenvalue weighted by Gasteiger charge is 2.29. The molecule has 0 aromatic carbocycles. The van der Waals surface area contributed by atoms with Crippen LogP contribution < -0.4 is 0 Å². The molecule has 1 amide bonds. The molecule has 1 aliphatic rings. The van der Waals surface area contributed by atoms with Gasteiger partial charge in [-0.1, -0.05) is 11.4 Å². The third-order valence-electron chi connectivity index (χ3n) is 3.94. The zero-order chi connectivity index (χ0) is 14.8. The molecule has 7 heteroatoms. The van der Waals surface area contributed by atoms with Gasteiger partial charge in [-0.25, -0.2) is 0 Å². The Labute approximate surface area is 127 Å². The number of aryl methyl sites for hydroxylation is 2. The number of likely N-dealkylation sites (tertiary alicyclic amines) is 1. The molecular weight excluding hydrogens is 286 g/mol. The number of H-pyrrole nitrogens is 1. The molecule has 2 aromatic rings. The Balaban J connectivity index is 1.75. The van der Waals surface area contributed by atoms with Crippen molar-refractivity contribution in [1.29, 1.82) is 0 Å². The van der Waals surface area contributed by atoms with E-state index in [9.17, 15) is 4.79 Å². The van der Waals surface area contributed by atoms with Gasteiger partial charge in [-0.15, -0.1) is 5.10 Å². The Morgan fingerprint density at radius 1 is 1.57 bits per heavy atom. The number of carbonyl (C=O) groups excluding carboxylic acids is 1. The van der Waals surface area contributed by atoms with Gasteiger partial charge in [0.2, 0.25) is 0 Å². The lowest BCUT2D eigenvalue weighted by Crippen LogP contribution is -2.39. The smallest absolute Gasteiger partial charge is 0.267 e. The van der Waals surface area contributed by atoms with E-state index in [4.69, 9.17) is 0 Å². The van der Waals surface area contributed by atoms with Crippen molar-refractivity contribution < 1.29 is 4.79 Å². The molecule has 0 aliphatic carbocycles. The van der Waals surface area contributed by atoms with Gasteiger partial charge in [-0.05, 0) is 43.8 Å². The Hall–Kier alpha value is -1.76. The molecule has 1 fully saturated rings. The van der Waals surface area contributed by atoms with Crippen molar-refractivity contribution in [2.75, 3.05) is 13.1 Å². The summed E-state index contributed by atoms with van der Waals surface area (Å²) in [5, 5.41) is 11.4. The molecule has 0 radical (unpaired) electrons. The fourth-order valence-electron chi connectivity index (χ4n) is 2.80. The predicted octanol–water partition coefficient (Wildman–Crippen LogP) is 2.15. The molecule has 2 aromatic heterocycles. The molecule has 0 bridgehead atoms. The fraction of sp³-hybridized carbons (Fsp3) is 0.571. The minimum atomic E-state index is 0.0683. The van der Waals surface area contributed by atoms with Gasteiger partial charge in [0.25, 0.3) is 5.91 Å². The second-order valence-corrected chi connectivity index (χ2v) is 6.22. The maximum absolute atomic E-state index is 12.7. The van der Waals surface area contributed by atoms with Crippen LogP contribution in [0.1, 0.15) is 52.4 Å². The quantitative estimate of drug-likeness (QED) is 0.943. The third-order valence-corrected chi connectivity index (χ3v) is 4.69. The molecule has 6 nitrogen and oxygen atoms in total. The van der Waals surface area contributed by atoms with Gasteiger partial charge in [0.15, 0.2) is 0 Å². The first-order chi connectivity index (χ1) is 10.2. The van der Waals surface area contributed by atoms with Gasteiger partial charge in [-0.3, -0.25) is 9.89 Å². The number of hydrogen-bond donors (Lipinski definition) is 1. The van der Waals surface area contributed by atoms with Crippen LogP contribution in [0.3, 0.4) is 0 Å². The minimum absolute atomic E-state index is 0.0683. The minimum Gasteiger partial charge on any atom is -0.337 e. The second kappa shape index (κ2) is 5.93. The van der Waals surface area contributed by atoms with Crippen molar-refractivity contribution in [3.8, 4) is 0 Å². The van der Waals surface area contributed by atoms with E-state index in [0.29, 0.717) is 10.8 Å². The van der Waals surface area contributed by atoms with Crippen LogP contribution in [0.5, 0.6) is 0 Å². The number of amides is 1. The number of hydrogen-bond acceptors (Lipinski definition) is 5. The van der Waals surface area contributed by atoms with Crippen LogP contribution in [0.2, 0.25) is 0 Å². The Kier molecular flexibility index (Phi) is 4.01. The highest BCUT2D eigenvalue weighted by Crippen LogP contribution is 2.27. The number of carbonyl (C=O) groups is 1. The van der Waals surface area contributed by atoms with Gasteiger partial charge in [0.1, 0.15) is 4.88 Å². The molecule has 3 heterocycles. The number of piperidine rings is 1. The van der Waals surface area contributed by atoms with E-state index in [1.165, 1.54) is 11.5 Å². The molecule has 0 saturated carbocycles. The van der Waals surface area contributed by atoms with Gasteiger partial charge >= 0.3 is 0 Å². The maximum atomic E-state index is 12.7. The molecule has 21 heavy (non-hydrogen) atoms. The predicted molar refractivity (Wildman–Crippen MR) is 80.5 cm³/mol. The van der Waals surface area contributed by atoms with Crippen molar-refractivity contribution >= 4 is 17.4 Å². The van der Waals surface area contributed by atoms with Crippen LogP contribution >= 0.6 is 11.5 Å². The van der Waals surface area contributed by atoms with Crippen molar-refractivity contribution in [1.82, 2.24) is 24.7 Å². The number of nitrogens with zero attached hydrogens (tertiary/aromatic N) is 4. The normalized spacial score (nSPS) is 19.0. The number of aromatic nitrogens is 4. The summed E-state index contributed by atoms with van der Waals surface area (Å²) in [5.41, 5.74) is 2.93. The summed E-state index contributed by atoms with van der Waals surface area (Å²) in [4.78, 5) is 15.3. The molecule has 0 unspecified atom stereocenters. The van der Waals surface area contributed by atoms with Crippen LogP contribution in [-0.2, 0) is 6.42 Å². The zero-order valence-electron chi connectivity index (χ0n) is 12.3. The third kappa shape index (κ3) is 2.83. The lowest BCUT2D eigenvalue weighted by atomic mass is 9.94. The highest BCUT2D eigenvalue weighted by atomic mass is 32.1. The van der Waals surface area contributed by atoms with E-state index in [0.717, 1.165) is 49.4 Å². The molecule has 1 atom stereocenters. The summed E-state index contributed by atoms with van der Waals surface area (Å²) in [5.74, 6) is 0.386. The van der Waals surface area contributed by atoms with Gasteiger partial charge < -0.3 is 4.90 Å². The van der Waals surface area contributed by atoms with Crippen molar-refractivity contribution in [2.45, 2.75) is 39.0 Å². The summed E-state index contributed by atoms with van der Waals surface area (Å²) >= 11 is 1.20. The Morgan fingerprint density at radius 2 is 2.43 bits per heavy atom. The highest BCUT2D eigenvalue weighted by molar-refractivity contribution is 7.08. The number of rotatable bonds is 3. The Morgan fingerprint density at radius 3 is 3.14 bits per heavy atom. The van der Waals surface area contributed by atoms with Gasteiger partial charge in [0.05, 0.1) is 11.4 Å². The van der Waals surface area contributed by atoms with E-state index in [1.807, 2.05) is 18.7 Å². The number of nitrogens with one attached hydrogen (secondary N) is 1. The van der Waals surface area contributed by atoms with Crippen LogP contribution in [0, 0.1) is 6.92 Å². The van der Waals surface area contributed by atoms with E-state index in [1.54, 1.807) is 0 Å². The number of aromatic amines is 1. The van der Waals surface area contributed by atoms with E-state index in [-0.39, 0.29) is 5.91 Å². The molecule has 0 spiro atoms. The summed E-state index contributed by atoms with van der Waals surface area (Å²) in [7, 11) is 0. The fourth-order valence-corrected chi connectivity index (χ4v) is 3.52. The first kappa shape index (κ1) is 14.2. The van der Waals surface area contributed by atoms with Crippen LogP contribution in [-0.4, -0.2) is 43.7 Å². The van der Waals surface area contributed by atoms with Crippen LogP contribution in [0.25, 0.3) is 0 Å². The standard InChI is InChI=1S/C14H19N5OS/c1-3-11-13(21-18-17-11)14(20)19-6-4-5-10(8-19)12-7-9(2)15-16-12/h7,10H,3-6,8H2,1-2H3,(H,15,16)/t10-/m1/s1. The SMILES string of the molecule is CCc1nnsc1C(=O)N1CCC[C@@H](c2cc(C)[nH]n2)C1. The van der Waals surface area contributed by atoms with Gasteiger partial charge in [-0.2, -0.15) is 5.10 Å². The second-order valence-electron chi connectivity index (χ2n) is 5.47. The molecule has 3 rings (SSSR count). The van der Waals surface area contributed by atoms with Crippen molar-refractivity contribution in [3.05, 3.63) is 28.0 Å². The lowest BCUT2D eigenvalue weighted by molar-refractivity contribution is 0.0709. The van der Waals surface area contributed by atoms with Gasteiger partial charge in [0, 0.05) is 24.7 Å². The monoisotopic (exact) mass is 305 g/mol. The summed E-state index contributed by atoms with van der Waals surface area (Å²) in [6, 6.07) is 2.07. The topological polar surface area (TPSA) is 74.8 Å². The molecule has 1 N–H and O–H groups in total. The van der Waals surface area contributed by atoms with Crippen molar-refractivity contribution in [3.63, 3.8) is 0 Å². The first-order valence-corrected chi connectivity index (χ1v) is 8.08.